The Labute approximate surface area is 188 Å². The molecule has 9 heteroatoms. The lowest BCUT2D eigenvalue weighted by molar-refractivity contribution is -0.141. The monoisotopic (exact) mass is 454 g/mol. The number of thiazole rings is 1. The summed E-state index contributed by atoms with van der Waals surface area (Å²) >= 11 is 1.03. The van der Waals surface area contributed by atoms with E-state index in [2.05, 4.69) is 0 Å². The van der Waals surface area contributed by atoms with Crippen molar-refractivity contribution in [3.8, 4) is 11.5 Å². The van der Waals surface area contributed by atoms with E-state index >= 15 is 0 Å². The first-order chi connectivity index (χ1) is 15.5. The molecule has 0 N–H and O–H groups in total. The molecule has 0 unspecified atom stereocenters. The number of ether oxygens (including phenoxy) is 3. The number of benzene rings is 2. The number of amides is 1. The van der Waals surface area contributed by atoms with Gasteiger partial charge in [0.15, 0.2) is 11.5 Å². The Morgan fingerprint density at radius 3 is 2.41 bits per heavy atom. The summed E-state index contributed by atoms with van der Waals surface area (Å²) in [6, 6.07) is 14.5. The molecule has 0 bridgehead atoms. The predicted molar refractivity (Wildman–Crippen MR) is 120 cm³/mol. The van der Waals surface area contributed by atoms with Gasteiger partial charge in [-0.2, -0.15) is 0 Å². The lowest BCUT2D eigenvalue weighted by Crippen LogP contribution is -2.36. The van der Waals surface area contributed by atoms with E-state index in [0.29, 0.717) is 27.9 Å². The van der Waals surface area contributed by atoms with Gasteiger partial charge in [0.1, 0.15) is 12.4 Å². The molecule has 0 aliphatic carbocycles. The lowest BCUT2D eigenvalue weighted by Gasteiger charge is -2.32. The molecule has 0 fully saturated rings. The van der Waals surface area contributed by atoms with E-state index in [1.807, 2.05) is 30.3 Å². The summed E-state index contributed by atoms with van der Waals surface area (Å²) in [6.07, 6.45) is 0.162. The third-order valence-corrected chi connectivity index (χ3v) is 6.47. The van der Waals surface area contributed by atoms with Crippen molar-refractivity contribution in [1.82, 2.24) is 4.57 Å². The highest BCUT2D eigenvalue weighted by atomic mass is 32.1. The quantitative estimate of drug-likeness (QED) is 0.531. The molecule has 1 aliphatic heterocycles. The van der Waals surface area contributed by atoms with Crippen molar-refractivity contribution < 1.29 is 23.8 Å². The summed E-state index contributed by atoms with van der Waals surface area (Å²) in [5.41, 5.74) is 1.44. The Balaban J connectivity index is 1.90. The number of carbonyl (C=O) groups is 2. The molecular formula is C23H22N2O6S. The number of anilines is 2. The minimum atomic E-state index is -0.568. The number of aromatic nitrogens is 1. The maximum Gasteiger partial charge on any atom is 0.325 e. The van der Waals surface area contributed by atoms with Gasteiger partial charge < -0.3 is 14.2 Å². The normalized spacial score (nSPS) is 15.3. The number of nitrogens with zero attached hydrogens (tertiary/aromatic N) is 2. The van der Waals surface area contributed by atoms with Crippen LogP contribution >= 0.6 is 11.3 Å². The second-order valence-electron chi connectivity index (χ2n) is 7.15. The fraction of sp³-hybridized carbons (Fsp3) is 0.261. The molecule has 2 aromatic carbocycles. The van der Waals surface area contributed by atoms with Gasteiger partial charge in [-0.25, -0.2) is 0 Å². The lowest BCUT2D eigenvalue weighted by atomic mass is 9.90. The van der Waals surface area contributed by atoms with Crippen LogP contribution in [0.2, 0.25) is 0 Å². The number of methoxy groups -OCH3 is 3. The van der Waals surface area contributed by atoms with Crippen LogP contribution in [0, 0.1) is 0 Å². The molecule has 166 valence electrons. The van der Waals surface area contributed by atoms with Gasteiger partial charge in [0.25, 0.3) is 0 Å². The molecule has 0 radical (unpaired) electrons. The molecule has 1 amide bonds. The van der Waals surface area contributed by atoms with Gasteiger partial charge in [-0.1, -0.05) is 35.6 Å². The highest BCUT2D eigenvalue weighted by Crippen LogP contribution is 2.46. The largest absolute Gasteiger partial charge is 0.493 e. The Morgan fingerprint density at radius 1 is 1.03 bits per heavy atom. The molecule has 32 heavy (non-hydrogen) atoms. The Kier molecular flexibility index (Phi) is 6.00. The molecule has 4 rings (SSSR count). The van der Waals surface area contributed by atoms with Crippen molar-refractivity contribution in [2.24, 2.45) is 0 Å². The van der Waals surface area contributed by atoms with E-state index in [9.17, 15) is 14.4 Å². The molecular weight excluding hydrogens is 432 g/mol. The molecule has 1 atom stereocenters. The number of hydrogen-bond acceptors (Lipinski definition) is 7. The third-order valence-electron chi connectivity index (χ3n) is 5.39. The number of carbonyl (C=O) groups excluding carboxylic acids is 2. The highest BCUT2D eigenvalue weighted by molar-refractivity contribution is 7.10. The summed E-state index contributed by atoms with van der Waals surface area (Å²) in [7, 11) is 4.36. The first kappa shape index (κ1) is 21.6. The number of hydrogen-bond donors (Lipinski definition) is 0. The van der Waals surface area contributed by atoms with Gasteiger partial charge in [0.2, 0.25) is 5.91 Å². The van der Waals surface area contributed by atoms with E-state index in [-0.39, 0.29) is 29.7 Å². The summed E-state index contributed by atoms with van der Waals surface area (Å²) in [5, 5.41) is 0. The number of fused-ring (bicyclic) bond motifs is 1. The van der Waals surface area contributed by atoms with Crippen molar-refractivity contribution in [2.75, 3.05) is 26.2 Å². The number of rotatable bonds is 6. The standard InChI is InChI=1S/C23H22N2O6S/c1-29-17-10-9-14(11-18(17)30-2)16-12-19(26)25(15-7-5-4-6-8-15)22-21(16)32-23(28)24(22)13-20(27)31-3/h4-11,16H,12-13H2,1-3H3/t16-/m0/s1. The average molecular weight is 455 g/mol. The SMILES string of the molecule is COC(=O)Cn1c2c(sc1=O)[C@H](c1ccc(OC)c(OC)c1)CC(=O)N2c1ccccc1. The van der Waals surface area contributed by atoms with Gasteiger partial charge in [-0.3, -0.25) is 23.9 Å². The van der Waals surface area contributed by atoms with Crippen LogP contribution in [0.4, 0.5) is 11.5 Å². The van der Waals surface area contributed by atoms with Crippen LogP contribution < -0.4 is 19.2 Å². The summed E-state index contributed by atoms with van der Waals surface area (Å²) in [6.45, 7) is -0.281. The number of esters is 1. The fourth-order valence-corrected chi connectivity index (χ4v) is 4.97. The van der Waals surface area contributed by atoms with Gasteiger partial charge in [0.05, 0.1) is 31.9 Å². The molecule has 0 spiro atoms. The third kappa shape index (κ3) is 3.75. The van der Waals surface area contributed by atoms with Crippen LogP contribution in [0.15, 0.2) is 53.3 Å². The maximum atomic E-state index is 13.4. The summed E-state index contributed by atoms with van der Waals surface area (Å²) in [5.74, 6) is 0.384. The Morgan fingerprint density at radius 2 is 1.75 bits per heavy atom. The molecule has 3 aromatic rings. The Hall–Kier alpha value is -3.59. The summed E-state index contributed by atoms with van der Waals surface area (Å²) < 4.78 is 16.8. The van der Waals surface area contributed by atoms with E-state index in [0.717, 1.165) is 16.9 Å². The van der Waals surface area contributed by atoms with E-state index in [1.54, 1.807) is 32.4 Å². The van der Waals surface area contributed by atoms with Crippen molar-refractivity contribution in [1.29, 1.82) is 0 Å². The predicted octanol–water partition coefficient (Wildman–Crippen LogP) is 3.30. The zero-order chi connectivity index (χ0) is 22.8. The zero-order valence-electron chi connectivity index (χ0n) is 17.9. The minimum Gasteiger partial charge on any atom is -0.493 e. The maximum absolute atomic E-state index is 13.4. The van der Waals surface area contributed by atoms with Crippen molar-refractivity contribution >= 4 is 34.7 Å². The molecule has 2 heterocycles. The topological polar surface area (TPSA) is 87.1 Å². The zero-order valence-corrected chi connectivity index (χ0v) is 18.7. The van der Waals surface area contributed by atoms with Crippen LogP contribution in [0.1, 0.15) is 22.8 Å². The van der Waals surface area contributed by atoms with Gasteiger partial charge >= 0.3 is 10.8 Å². The van der Waals surface area contributed by atoms with Crippen LogP contribution in [-0.2, 0) is 20.9 Å². The van der Waals surface area contributed by atoms with Crippen LogP contribution in [-0.4, -0.2) is 37.8 Å². The van der Waals surface area contributed by atoms with Crippen molar-refractivity contribution in [3.63, 3.8) is 0 Å². The van der Waals surface area contributed by atoms with Gasteiger partial charge in [0, 0.05) is 12.3 Å². The van der Waals surface area contributed by atoms with E-state index in [4.69, 9.17) is 14.2 Å². The molecule has 8 nitrogen and oxygen atoms in total. The smallest absolute Gasteiger partial charge is 0.325 e. The molecule has 0 saturated carbocycles. The number of para-hydroxylation sites is 1. The van der Waals surface area contributed by atoms with Gasteiger partial charge in [-0.05, 0) is 29.8 Å². The Bertz CT molecular complexity index is 1220. The fourth-order valence-electron chi connectivity index (χ4n) is 3.86. The average Bonchev–Trinajstić information content (AvgIpc) is 3.14. The first-order valence-electron chi connectivity index (χ1n) is 9.88. The van der Waals surface area contributed by atoms with Crippen LogP contribution in [0.3, 0.4) is 0 Å². The molecule has 1 aliphatic rings. The van der Waals surface area contributed by atoms with Crippen molar-refractivity contribution in [3.05, 3.63) is 68.6 Å². The second-order valence-corrected chi connectivity index (χ2v) is 8.15. The summed E-state index contributed by atoms with van der Waals surface area (Å²) in [4.78, 5) is 40.2. The molecule has 1 aromatic heterocycles. The van der Waals surface area contributed by atoms with Crippen LogP contribution in [0.5, 0.6) is 11.5 Å². The van der Waals surface area contributed by atoms with Gasteiger partial charge in [-0.15, -0.1) is 0 Å². The van der Waals surface area contributed by atoms with E-state index < -0.39 is 5.97 Å². The second kappa shape index (κ2) is 8.88. The van der Waals surface area contributed by atoms with E-state index in [1.165, 1.54) is 16.6 Å². The first-order valence-corrected chi connectivity index (χ1v) is 10.7. The van der Waals surface area contributed by atoms with Crippen LogP contribution in [0.25, 0.3) is 0 Å². The van der Waals surface area contributed by atoms with Crippen molar-refractivity contribution in [2.45, 2.75) is 18.9 Å². The highest BCUT2D eigenvalue weighted by Gasteiger charge is 2.38. The molecule has 0 saturated heterocycles. The minimum absolute atomic E-state index is 0.162.